The minimum atomic E-state index is -0.868. The van der Waals surface area contributed by atoms with Crippen LogP contribution >= 0.6 is 11.3 Å². The van der Waals surface area contributed by atoms with Gasteiger partial charge in [0.2, 0.25) is 0 Å². The van der Waals surface area contributed by atoms with Crippen molar-refractivity contribution in [2.45, 2.75) is 25.5 Å². The number of nitrogens with one attached hydrogen (secondary N) is 2. The zero-order valence-corrected chi connectivity index (χ0v) is 13.0. The summed E-state index contributed by atoms with van der Waals surface area (Å²) in [4.78, 5) is 16.4. The standard InChI is InChI=1S/C11H20N4O2S2/c1-4-13-11-15-9(12)8(18-11)10(16)14-6-5-7(2)19(3)17/h7H,4-6,12H2,1-3H3,(H,13,15)(H,14,16). The minimum absolute atomic E-state index is 0.0661. The minimum Gasteiger partial charge on any atom is -0.382 e. The predicted molar refractivity (Wildman–Crippen MR) is 81.2 cm³/mol. The van der Waals surface area contributed by atoms with Crippen molar-refractivity contribution in [2.75, 3.05) is 30.4 Å². The van der Waals surface area contributed by atoms with Gasteiger partial charge in [0.1, 0.15) is 10.7 Å². The van der Waals surface area contributed by atoms with Crippen molar-refractivity contribution in [3.8, 4) is 0 Å². The fourth-order valence-electron chi connectivity index (χ4n) is 1.36. The summed E-state index contributed by atoms with van der Waals surface area (Å²) in [5.41, 5.74) is 5.70. The second-order valence-corrected chi connectivity index (χ2v) is 6.92. The average Bonchev–Trinajstić information content (AvgIpc) is 2.70. The Balaban J connectivity index is 2.51. The SMILES string of the molecule is CCNc1nc(N)c(C(=O)NCCC(C)S(C)=O)s1. The lowest BCUT2D eigenvalue weighted by Crippen LogP contribution is -2.27. The molecule has 0 saturated carbocycles. The van der Waals surface area contributed by atoms with Crippen molar-refractivity contribution >= 4 is 39.0 Å². The lowest BCUT2D eigenvalue weighted by atomic mass is 10.3. The lowest BCUT2D eigenvalue weighted by molar-refractivity contribution is 0.0958. The highest BCUT2D eigenvalue weighted by Gasteiger charge is 2.16. The third kappa shape index (κ3) is 4.79. The van der Waals surface area contributed by atoms with Crippen molar-refractivity contribution < 1.29 is 9.00 Å². The zero-order chi connectivity index (χ0) is 14.4. The van der Waals surface area contributed by atoms with Gasteiger partial charge in [-0.15, -0.1) is 0 Å². The molecule has 8 heteroatoms. The van der Waals surface area contributed by atoms with Gasteiger partial charge < -0.3 is 16.4 Å². The van der Waals surface area contributed by atoms with Gasteiger partial charge in [0.05, 0.1) is 0 Å². The number of nitrogens with two attached hydrogens (primary N) is 1. The Morgan fingerprint density at radius 3 is 2.84 bits per heavy atom. The van der Waals surface area contributed by atoms with Crippen molar-refractivity contribution in [3.63, 3.8) is 0 Å². The van der Waals surface area contributed by atoms with Gasteiger partial charge in [0, 0.05) is 35.4 Å². The molecule has 19 heavy (non-hydrogen) atoms. The molecule has 6 nitrogen and oxygen atoms in total. The molecule has 1 aromatic heterocycles. The summed E-state index contributed by atoms with van der Waals surface area (Å²) in [5, 5.41) is 6.50. The van der Waals surface area contributed by atoms with Crippen LogP contribution in [0.25, 0.3) is 0 Å². The summed E-state index contributed by atoms with van der Waals surface area (Å²) in [6.07, 6.45) is 2.34. The number of amides is 1. The quantitative estimate of drug-likeness (QED) is 0.699. The van der Waals surface area contributed by atoms with E-state index in [9.17, 15) is 9.00 Å². The van der Waals surface area contributed by atoms with Gasteiger partial charge in [0.25, 0.3) is 5.91 Å². The molecule has 0 aliphatic heterocycles. The molecule has 0 aliphatic rings. The van der Waals surface area contributed by atoms with E-state index in [1.165, 1.54) is 11.3 Å². The maximum atomic E-state index is 11.9. The van der Waals surface area contributed by atoms with Crippen molar-refractivity contribution in [1.29, 1.82) is 0 Å². The van der Waals surface area contributed by atoms with Crippen LogP contribution in [-0.2, 0) is 10.8 Å². The molecule has 2 unspecified atom stereocenters. The Bertz CT molecular complexity index is 462. The molecule has 2 atom stereocenters. The van der Waals surface area contributed by atoms with Gasteiger partial charge in [-0.1, -0.05) is 18.3 Å². The number of nitrogens with zero attached hydrogens (tertiary/aromatic N) is 1. The third-order valence-electron chi connectivity index (χ3n) is 2.59. The number of nitrogen functional groups attached to an aromatic ring is 1. The van der Waals surface area contributed by atoms with Gasteiger partial charge in [-0.2, -0.15) is 0 Å². The Morgan fingerprint density at radius 1 is 1.58 bits per heavy atom. The van der Waals surface area contributed by atoms with E-state index in [4.69, 9.17) is 5.73 Å². The summed E-state index contributed by atoms with van der Waals surface area (Å²) >= 11 is 1.24. The number of rotatable bonds is 7. The number of hydrogen-bond donors (Lipinski definition) is 3. The lowest BCUT2D eigenvalue weighted by Gasteiger charge is -2.08. The number of thiazole rings is 1. The van der Waals surface area contributed by atoms with Gasteiger partial charge in [-0.25, -0.2) is 4.98 Å². The van der Waals surface area contributed by atoms with Crippen molar-refractivity contribution in [1.82, 2.24) is 10.3 Å². The summed E-state index contributed by atoms with van der Waals surface area (Å²) < 4.78 is 11.2. The third-order valence-corrected chi connectivity index (χ3v) is 4.99. The van der Waals surface area contributed by atoms with Crippen LogP contribution in [0.15, 0.2) is 0 Å². The Hall–Kier alpha value is -1.15. The Labute approximate surface area is 119 Å². The summed E-state index contributed by atoms with van der Waals surface area (Å²) in [6.45, 7) is 5.05. The van der Waals surface area contributed by atoms with Gasteiger partial charge in [-0.05, 0) is 13.3 Å². The van der Waals surface area contributed by atoms with E-state index >= 15 is 0 Å². The summed E-state index contributed by atoms with van der Waals surface area (Å²) in [7, 11) is -0.868. The first-order valence-corrected chi connectivity index (χ1v) is 8.50. The summed E-state index contributed by atoms with van der Waals surface area (Å²) in [6, 6.07) is 0. The molecular formula is C11H20N4O2S2. The monoisotopic (exact) mass is 304 g/mol. The van der Waals surface area contributed by atoms with E-state index < -0.39 is 10.8 Å². The number of hydrogen-bond acceptors (Lipinski definition) is 6. The topological polar surface area (TPSA) is 97.1 Å². The molecule has 0 aromatic carbocycles. The fraction of sp³-hybridized carbons (Fsp3) is 0.636. The first kappa shape index (κ1) is 15.9. The first-order chi connectivity index (χ1) is 8.95. The molecule has 1 amide bonds. The van der Waals surface area contributed by atoms with E-state index in [0.29, 0.717) is 23.0 Å². The largest absolute Gasteiger partial charge is 0.382 e. The molecule has 0 aliphatic carbocycles. The van der Waals surface area contributed by atoms with E-state index in [1.807, 2.05) is 13.8 Å². The zero-order valence-electron chi connectivity index (χ0n) is 11.4. The smallest absolute Gasteiger partial charge is 0.265 e. The number of carbonyl (C=O) groups is 1. The maximum absolute atomic E-state index is 11.9. The highest BCUT2D eigenvalue weighted by molar-refractivity contribution is 7.84. The second kappa shape index (κ2) is 7.44. The molecule has 4 N–H and O–H groups in total. The molecular weight excluding hydrogens is 284 g/mol. The van der Waals surface area contributed by atoms with E-state index in [-0.39, 0.29) is 17.0 Å². The molecule has 1 aromatic rings. The van der Waals surface area contributed by atoms with Crippen LogP contribution in [0.5, 0.6) is 0 Å². The molecule has 1 rings (SSSR count). The van der Waals surface area contributed by atoms with Gasteiger partial charge in [0.15, 0.2) is 5.13 Å². The predicted octanol–water partition coefficient (Wildman–Crippen LogP) is 1.04. The molecule has 0 radical (unpaired) electrons. The van der Waals surface area contributed by atoms with E-state index in [2.05, 4.69) is 15.6 Å². The number of anilines is 2. The normalized spacial score (nSPS) is 13.8. The molecule has 108 valence electrons. The maximum Gasteiger partial charge on any atom is 0.265 e. The Kier molecular flexibility index (Phi) is 6.23. The van der Waals surface area contributed by atoms with Crippen LogP contribution in [0.2, 0.25) is 0 Å². The fourth-order valence-corrected chi connectivity index (χ4v) is 2.68. The van der Waals surface area contributed by atoms with Crippen LogP contribution < -0.4 is 16.4 Å². The van der Waals surface area contributed by atoms with Crippen LogP contribution in [0.1, 0.15) is 29.9 Å². The second-order valence-electron chi connectivity index (χ2n) is 4.12. The van der Waals surface area contributed by atoms with E-state index in [1.54, 1.807) is 6.26 Å². The van der Waals surface area contributed by atoms with E-state index in [0.717, 1.165) is 6.54 Å². The average molecular weight is 304 g/mol. The number of carbonyl (C=O) groups excluding carboxylic acids is 1. The number of aromatic nitrogens is 1. The van der Waals surface area contributed by atoms with Gasteiger partial charge >= 0.3 is 0 Å². The molecule has 0 fully saturated rings. The molecule has 0 saturated heterocycles. The van der Waals surface area contributed by atoms with Crippen molar-refractivity contribution in [2.24, 2.45) is 0 Å². The highest BCUT2D eigenvalue weighted by Crippen LogP contribution is 2.24. The van der Waals surface area contributed by atoms with Crippen molar-refractivity contribution in [3.05, 3.63) is 4.88 Å². The Morgan fingerprint density at radius 2 is 2.26 bits per heavy atom. The van der Waals surface area contributed by atoms with Gasteiger partial charge in [-0.3, -0.25) is 9.00 Å². The molecule has 1 heterocycles. The van der Waals surface area contributed by atoms with Crippen LogP contribution in [0.3, 0.4) is 0 Å². The molecule has 0 spiro atoms. The molecule has 0 bridgehead atoms. The highest BCUT2D eigenvalue weighted by atomic mass is 32.2. The summed E-state index contributed by atoms with van der Waals surface area (Å²) in [5.74, 6) is 0.0128. The first-order valence-electron chi connectivity index (χ1n) is 6.06. The van der Waals surface area contributed by atoms with Crippen LogP contribution in [-0.4, -0.2) is 39.7 Å². The van der Waals surface area contributed by atoms with Crippen LogP contribution in [0, 0.1) is 0 Å². The van der Waals surface area contributed by atoms with Crippen LogP contribution in [0.4, 0.5) is 10.9 Å².